The largest absolute Gasteiger partial charge is 0.460 e. The second-order valence-electron chi connectivity index (χ2n) is 20.3. The van der Waals surface area contributed by atoms with E-state index in [1.807, 2.05) is 58.1 Å². The first-order valence-electron chi connectivity index (χ1n) is 25.0. The summed E-state index contributed by atoms with van der Waals surface area (Å²) in [7, 11) is 4.61. The maximum absolute atomic E-state index is 14.5. The van der Waals surface area contributed by atoms with Crippen molar-refractivity contribution in [2.75, 3.05) is 27.9 Å². The van der Waals surface area contributed by atoms with Crippen LogP contribution in [0, 0.1) is 35.5 Å². The van der Waals surface area contributed by atoms with E-state index in [4.69, 9.17) is 23.7 Å². The first-order chi connectivity index (χ1) is 32.8. The number of hydrogen-bond acceptors (Lipinski definition) is 15. The molecule has 1 aromatic heterocycles. The molecule has 384 valence electrons. The number of Topliss-reactive ketones (excluding diaryl/α,β-unsaturated/α-hetero) is 3. The Morgan fingerprint density at radius 2 is 1.64 bits per heavy atom. The van der Waals surface area contributed by atoms with Crippen molar-refractivity contribution in [3.8, 4) is 0 Å². The van der Waals surface area contributed by atoms with Crippen LogP contribution in [0.4, 0.5) is 0 Å². The van der Waals surface area contributed by atoms with E-state index in [9.17, 15) is 34.2 Å². The summed E-state index contributed by atoms with van der Waals surface area (Å²) in [4.78, 5) is 73.9. The fraction of sp³-hybridized carbons (Fsp3) is 0.731. The number of tetrazole rings is 1. The lowest BCUT2D eigenvalue weighted by atomic mass is 9.77. The number of aromatic nitrogens is 4. The predicted molar refractivity (Wildman–Crippen MR) is 256 cm³/mol. The van der Waals surface area contributed by atoms with Crippen LogP contribution in [-0.4, -0.2) is 141 Å². The molecule has 1 amide bonds. The topological polar surface area (TPSA) is 219 Å². The van der Waals surface area contributed by atoms with E-state index in [0.29, 0.717) is 56.9 Å². The molecule has 0 radical (unpaired) electrons. The number of fused-ring (bicyclic) bond motifs is 3. The number of piperidine rings is 1. The smallest absolute Gasteiger partial charge is 0.329 e. The number of carbonyl (C=O) groups excluding carboxylic acids is 5. The monoisotopic (exact) mass is 966 g/mol. The van der Waals surface area contributed by atoms with E-state index in [0.717, 1.165) is 18.4 Å². The lowest BCUT2D eigenvalue weighted by Gasteiger charge is -2.42. The number of methoxy groups -OCH3 is 3. The SMILES string of the molecule is COC1C(=O)C(C)C[C@H](C)/C=C/C=C/C=C(\C)[C@@H](OC)C[C@@H]2CC[C@@H](C)[C@@](O)(O2)C(=O)C(=O)N2CCCC[C@H]2C(=O)O[C@H]([C@H](C)CC2CC[C@H](n3ncnn3)[C@H](OC)C2)CC(=O)[C@H](C)/C=C(\C)[C@H]1O. The van der Waals surface area contributed by atoms with Crippen LogP contribution < -0.4 is 0 Å². The molecule has 1 aromatic rings. The van der Waals surface area contributed by atoms with E-state index in [1.54, 1.807) is 45.9 Å². The first-order valence-corrected chi connectivity index (χ1v) is 25.0. The number of nitrogens with zero attached hydrogens (tertiary/aromatic N) is 5. The Morgan fingerprint density at radius 1 is 0.884 bits per heavy atom. The van der Waals surface area contributed by atoms with Gasteiger partial charge < -0.3 is 38.8 Å². The summed E-state index contributed by atoms with van der Waals surface area (Å²) in [6.07, 6.45) is 13.7. The van der Waals surface area contributed by atoms with Gasteiger partial charge in [-0.05, 0) is 112 Å². The molecule has 1 saturated carbocycles. The number of carbonyl (C=O) groups is 5. The molecule has 3 unspecified atom stereocenters. The lowest BCUT2D eigenvalue weighted by molar-refractivity contribution is -0.265. The van der Waals surface area contributed by atoms with Gasteiger partial charge in [0.2, 0.25) is 5.79 Å². The number of ether oxygens (including phenoxy) is 5. The van der Waals surface area contributed by atoms with Gasteiger partial charge in [-0.1, -0.05) is 71.1 Å². The van der Waals surface area contributed by atoms with Gasteiger partial charge in [-0.3, -0.25) is 19.2 Å². The quantitative estimate of drug-likeness (QED) is 0.181. The number of esters is 1. The highest BCUT2D eigenvalue weighted by molar-refractivity contribution is 6.39. The van der Waals surface area contributed by atoms with Crippen molar-refractivity contribution in [2.24, 2.45) is 35.5 Å². The standard InChI is InChI=1S/C52H79N5O12/c1-31-16-12-11-13-17-32(2)43(65-8)28-39-21-19-37(7)52(64,69-39)49(61)50(62)56-23-15-14-18-41(56)51(63)68-44(34(4)26-38-20-22-40(45(27-38)66-9)57-54-30-53-55-57)29-42(58)33(3)25-36(6)47(60)48(67-10)46(59)35(5)24-31/h11-13,16-17,25,30-31,33-35,37-41,43-45,47-48,60,64H,14-15,18-24,26-29H2,1-10H3/b13-11+,16-12+,32-17+,36-25+/t31-,33-,34-,35?,37-,38?,39+,40+,41+,43+,44+,45-,47-,48?,52-/m1/s1. The van der Waals surface area contributed by atoms with E-state index < -0.39 is 77.8 Å². The van der Waals surface area contributed by atoms with Gasteiger partial charge in [-0.2, -0.15) is 4.80 Å². The zero-order valence-electron chi connectivity index (χ0n) is 42.5. The van der Waals surface area contributed by atoms with E-state index in [-0.39, 0.29) is 60.9 Å². The van der Waals surface area contributed by atoms with Gasteiger partial charge in [0.25, 0.3) is 11.7 Å². The number of amides is 1. The van der Waals surface area contributed by atoms with Gasteiger partial charge in [-0.15, -0.1) is 10.2 Å². The summed E-state index contributed by atoms with van der Waals surface area (Å²) in [5, 5.41) is 35.7. The summed E-state index contributed by atoms with van der Waals surface area (Å²) >= 11 is 0. The third kappa shape index (κ3) is 14.2. The van der Waals surface area contributed by atoms with Gasteiger partial charge in [-0.25, -0.2) is 4.79 Å². The Balaban J connectivity index is 1.46. The van der Waals surface area contributed by atoms with Crippen LogP contribution in [0.5, 0.6) is 0 Å². The van der Waals surface area contributed by atoms with Crippen LogP contribution >= 0.6 is 0 Å². The molecule has 4 aliphatic rings. The summed E-state index contributed by atoms with van der Waals surface area (Å²) in [6.45, 7) is 12.8. The predicted octanol–water partition coefficient (Wildman–Crippen LogP) is 6.05. The molecule has 3 fully saturated rings. The van der Waals surface area contributed by atoms with Gasteiger partial charge in [0, 0.05) is 58.5 Å². The van der Waals surface area contributed by atoms with Crippen molar-refractivity contribution in [3.05, 3.63) is 53.9 Å². The molecule has 2 bridgehead atoms. The summed E-state index contributed by atoms with van der Waals surface area (Å²) in [6, 6.07) is -1.24. The minimum Gasteiger partial charge on any atom is -0.460 e. The molecule has 15 atom stereocenters. The second-order valence-corrected chi connectivity index (χ2v) is 20.3. The Labute approximate surface area is 408 Å². The number of hydrogen-bond donors (Lipinski definition) is 2. The highest BCUT2D eigenvalue weighted by Gasteiger charge is 2.53. The third-order valence-corrected chi connectivity index (χ3v) is 15.1. The Bertz CT molecular complexity index is 2020. The van der Waals surface area contributed by atoms with Crippen LogP contribution in [0.15, 0.2) is 53.9 Å². The Hall–Kier alpha value is -4.26. The highest BCUT2D eigenvalue weighted by atomic mass is 16.6. The minimum absolute atomic E-state index is 0.0168. The van der Waals surface area contributed by atoms with Gasteiger partial charge in [0.15, 0.2) is 12.1 Å². The molecule has 69 heavy (non-hydrogen) atoms. The van der Waals surface area contributed by atoms with Crippen molar-refractivity contribution >= 4 is 29.2 Å². The molecule has 2 N–H and O–H groups in total. The maximum Gasteiger partial charge on any atom is 0.329 e. The van der Waals surface area contributed by atoms with Crippen LogP contribution in [-0.2, 0) is 47.7 Å². The number of allylic oxidation sites excluding steroid dienone is 6. The summed E-state index contributed by atoms with van der Waals surface area (Å²) < 4.78 is 29.9. The second kappa shape index (κ2) is 25.7. The molecule has 1 aliphatic carbocycles. The van der Waals surface area contributed by atoms with Crippen molar-refractivity contribution in [1.29, 1.82) is 0 Å². The number of ketones is 3. The molecule has 4 heterocycles. The van der Waals surface area contributed by atoms with Crippen molar-refractivity contribution < 1.29 is 57.9 Å². The van der Waals surface area contributed by atoms with E-state index in [2.05, 4.69) is 15.4 Å². The first kappa shape index (κ1) is 55.7. The zero-order valence-corrected chi connectivity index (χ0v) is 42.5. The van der Waals surface area contributed by atoms with Crippen LogP contribution in [0.2, 0.25) is 0 Å². The summed E-state index contributed by atoms with van der Waals surface area (Å²) in [5.74, 6) is -7.94. The Morgan fingerprint density at radius 3 is 2.32 bits per heavy atom. The fourth-order valence-corrected chi connectivity index (χ4v) is 10.7. The highest BCUT2D eigenvalue weighted by Crippen LogP contribution is 2.39. The average Bonchev–Trinajstić information content (AvgIpc) is 3.88. The Kier molecular flexibility index (Phi) is 20.8. The minimum atomic E-state index is -2.43. The molecule has 3 aliphatic heterocycles. The van der Waals surface area contributed by atoms with Crippen molar-refractivity contribution in [2.45, 2.75) is 180 Å². The van der Waals surface area contributed by atoms with E-state index in [1.165, 1.54) is 18.3 Å². The molecule has 0 aromatic carbocycles. The van der Waals surface area contributed by atoms with E-state index >= 15 is 0 Å². The van der Waals surface area contributed by atoms with Crippen molar-refractivity contribution in [1.82, 2.24) is 25.1 Å². The molecule has 17 nitrogen and oxygen atoms in total. The maximum atomic E-state index is 14.5. The molecule has 2 saturated heterocycles. The third-order valence-electron chi connectivity index (χ3n) is 15.1. The van der Waals surface area contributed by atoms with Crippen LogP contribution in [0.3, 0.4) is 0 Å². The van der Waals surface area contributed by atoms with Gasteiger partial charge >= 0.3 is 5.97 Å². The number of rotatable bonds is 7. The molecule has 17 heteroatoms. The molecular formula is C52H79N5O12. The number of aliphatic hydroxyl groups excluding tert-OH is 1. The van der Waals surface area contributed by atoms with Gasteiger partial charge in [0.1, 0.15) is 30.1 Å². The number of aliphatic hydroxyl groups is 2. The molecular weight excluding hydrogens is 887 g/mol. The molecule has 5 rings (SSSR count). The van der Waals surface area contributed by atoms with Crippen molar-refractivity contribution in [3.63, 3.8) is 0 Å². The lowest BCUT2D eigenvalue weighted by Crippen LogP contribution is -2.61. The molecule has 0 spiro atoms. The number of cyclic esters (lactones) is 1. The van der Waals surface area contributed by atoms with Crippen LogP contribution in [0.25, 0.3) is 0 Å². The summed E-state index contributed by atoms with van der Waals surface area (Å²) in [5.41, 5.74) is 1.27. The van der Waals surface area contributed by atoms with Crippen LogP contribution in [0.1, 0.15) is 132 Å². The normalized spacial score (nSPS) is 38.8. The fourth-order valence-electron chi connectivity index (χ4n) is 10.7. The zero-order chi connectivity index (χ0) is 50.6. The average molecular weight is 966 g/mol. The van der Waals surface area contributed by atoms with Gasteiger partial charge in [0.05, 0.1) is 24.4 Å².